The molecule has 88 valence electrons. The Morgan fingerprint density at radius 1 is 1.47 bits per heavy atom. The number of hydrazine groups is 1. The number of nitrogens with zero attached hydrogens (tertiary/aromatic N) is 2. The number of hydrogen-bond acceptors (Lipinski definition) is 3. The van der Waals surface area contributed by atoms with Gasteiger partial charge in [0, 0.05) is 26.1 Å². The average molecular weight is 214 g/mol. The van der Waals surface area contributed by atoms with Crippen LogP contribution in [0.25, 0.3) is 0 Å². The first-order valence-electron chi connectivity index (χ1n) is 5.88. The van der Waals surface area contributed by atoms with Crippen LogP contribution in [0.4, 0.5) is 0 Å². The fourth-order valence-corrected chi connectivity index (χ4v) is 1.89. The number of amides is 1. The number of aliphatic hydroxyl groups is 1. The molecule has 1 aliphatic rings. The quantitative estimate of drug-likeness (QED) is 0.742. The first-order chi connectivity index (χ1) is 7.15. The van der Waals surface area contributed by atoms with Gasteiger partial charge in [0.05, 0.1) is 6.10 Å². The smallest absolute Gasteiger partial charge is 0.236 e. The third-order valence-corrected chi connectivity index (χ3v) is 2.68. The van der Waals surface area contributed by atoms with Crippen molar-refractivity contribution in [2.24, 2.45) is 0 Å². The summed E-state index contributed by atoms with van der Waals surface area (Å²) in [6.45, 7) is 6.44. The van der Waals surface area contributed by atoms with Crippen LogP contribution in [0.3, 0.4) is 0 Å². The van der Waals surface area contributed by atoms with Crippen LogP contribution in [-0.2, 0) is 4.79 Å². The second kappa shape index (κ2) is 6.08. The van der Waals surface area contributed by atoms with Gasteiger partial charge in [0.15, 0.2) is 0 Å². The van der Waals surface area contributed by atoms with Gasteiger partial charge < -0.3 is 5.11 Å². The summed E-state index contributed by atoms with van der Waals surface area (Å²) >= 11 is 0. The molecule has 0 aromatic heterocycles. The molecule has 1 aliphatic heterocycles. The highest BCUT2D eigenvalue weighted by atomic mass is 16.3. The molecular formula is C11H22N2O2. The van der Waals surface area contributed by atoms with E-state index in [-0.39, 0.29) is 12.0 Å². The summed E-state index contributed by atoms with van der Waals surface area (Å²) in [7, 11) is 0. The average Bonchev–Trinajstić information content (AvgIpc) is 2.17. The molecule has 1 rings (SSSR count). The van der Waals surface area contributed by atoms with E-state index in [4.69, 9.17) is 0 Å². The maximum Gasteiger partial charge on any atom is 0.236 e. The summed E-state index contributed by atoms with van der Waals surface area (Å²) in [5, 5.41) is 13.2. The summed E-state index contributed by atoms with van der Waals surface area (Å²) in [5.41, 5.74) is 0. The van der Waals surface area contributed by atoms with Crippen LogP contribution in [-0.4, -0.2) is 46.8 Å². The van der Waals surface area contributed by atoms with Crippen molar-refractivity contribution in [2.75, 3.05) is 19.6 Å². The molecule has 1 fully saturated rings. The molecule has 4 nitrogen and oxygen atoms in total. The highest BCUT2D eigenvalue weighted by Gasteiger charge is 2.24. The van der Waals surface area contributed by atoms with Crippen molar-refractivity contribution >= 4 is 5.91 Å². The van der Waals surface area contributed by atoms with Crippen molar-refractivity contribution in [3.63, 3.8) is 0 Å². The lowest BCUT2D eigenvalue weighted by Crippen LogP contribution is -2.51. The second-order valence-electron chi connectivity index (χ2n) is 4.21. The van der Waals surface area contributed by atoms with Gasteiger partial charge in [0.1, 0.15) is 0 Å². The molecule has 1 atom stereocenters. The van der Waals surface area contributed by atoms with Gasteiger partial charge in [-0.2, -0.15) is 0 Å². The second-order valence-corrected chi connectivity index (χ2v) is 4.21. The molecule has 1 N–H and O–H groups in total. The van der Waals surface area contributed by atoms with Gasteiger partial charge in [-0.05, 0) is 26.2 Å². The summed E-state index contributed by atoms with van der Waals surface area (Å²) in [6, 6.07) is 0. The third-order valence-electron chi connectivity index (χ3n) is 2.68. The largest absolute Gasteiger partial charge is 0.393 e. The molecule has 1 saturated heterocycles. The molecular weight excluding hydrogens is 192 g/mol. The lowest BCUT2D eigenvalue weighted by Gasteiger charge is -2.38. The highest BCUT2D eigenvalue weighted by Crippen LogP contribution is 2.13. The summed E-state index contributed by atoms with van der Waals surface area (Å²) in [4.78, 5) is 11.7. The minimum Gasteiger partial charge on any atom is -0.393 e. The van der Waals surface area contributed by atoms with Gasteiger partial charge in [-0.3, -0.25) is 9.80 Å². The van der Waals surface area contributed by atoms with Gasteiger partial charge in [-0.15, -0.1) is 0 Å². The molecule has 0 aromatic rings. The Labute approximate surface area is 91.8 Å². The van der Waals surface area contributed by atoms with E-state index in [0.717, 1.165) is 25.9 Å². The van der Waals surface area contributed by atoms with Crippen LogP contribution in [0.5, 0.6) is 0 Å². The minimum atomic E-state index is -0.330. The molecule has 1 amide bonds. The predicted octanol–water partition coefficient (Wildman–Crippen LogP) is 1.01. The molecule has 0 radical (unpaired) electrons. The first-order valence-corrected chi connectivity index (χ1v) is 5.88. The summed E-state index contributed by atoms with van der Waals surface area (Å²) in [6.07, 6.45) is 3.00. The van der Waals surface area contributed by atoms with Crippen molar-refractivity contribution in [3.8, 4) is 0 Å². The van der Waals surface area contributed by atoms with E-state index in [2.05, 4.69) is 11.9 Å². The molecule has 1 unspecified atom stereocenters. The zero-order valence-electron chi connectivity index (χ0n) is 9.78. The molecule has 1 heterocycles. The van der Waals surface area contributed by atoms with Gasteiger partial charge >= 0.3 is 0 Å². The van der Waals surface area contributed by atoms with Crippen LogP contribution < -0.4 is 0 Å². The van der Waals surface area contributed by atoms with E-state index in [1.807, 2.05) is 5.01 Å². The molecule has 0 aromatic carbocycles. The van der Waals surface area contributed by atoms with Crippen molar-refractivity contribution in [3.05, 3.63) is 0 Å². The number of rotatable bonds is 5. The fraction of sp³-hybridized carbons (Fsp3) is 0.909. The summed E-state index contributed by atoms with van der Waals surface area (Å²) in [5.74, 6) is 0.204. The Bertz CT molecular complexity index is 205. The lowest BCUT2D eigenvalue weighted by atomic mass is 10.2. The standard InChI is InChI=1S/C11H22N2O2/c1-3-7-12-8-4-5-11(15)13(12)9-6-10(2)14/h10,14H,3-9H2,1-2H3. The van der Waals surface area contributed by atoms with E-state index >= 15 is 0 Å². The van der Waals surface area contributed by atoms with Crippen molar-refractivity contribution < 1.29 is 9.90 Å². The van der Waals surface area contributed by atoms with Gasteiger partial charge in [-0.25, -0.2) is 5.01 Å². The van der Waals surface area contributed by atoms with E-state index in [1.54, 1.807) is 6.92 Å². The molecule has 0 spiro atoms. The summed E-state index contributed by atoms with van der Waals surface area (Å²) < 4.78 is 0. The number of carbonyl (C=O) groups excluding carboxylic acids is 1. The highest BCUT2D eigenvalue weighted by molar-refractivity contribution is 5.76. The van der Waals surface area contributed by atoms with E-state index in [9.17, 15) is 9.90 Å². The monoisotopic (exact) mass is 214 g/mol. The van der Waals surface area contributed by atoms with E-state index in [0.29, 0.717) is 19.4 Å². The molecule has 4 heteroatoms. The molecule has 0 bridgehead atoms. The van der Waals surface area contributed by atoms with E-state index in [1.165, 1.54) is 0 Å². The lowest BCUT2D eigenvalue weighted by molar-refractivity contribution is -0.156. The zero-order valence-corrected chi connectivity index (χ0v) is 9.78. The predicted molar refractivity (Wildman–Crippen MR) is 59.1 cm³/mol. The third kappa shape index (κ3) is 3.80. The van der Waals surface area contributed by atoms with Crippen molar-refractivity contribution in [1.29, 1.82) is 0 Å². The van der Waals surface area contributed by atoms with Crippen LogP contribution >= 0.6 is 0 Å². The Hall–Kier alpha value is -0.610. The van der Waals surface area contributed by atoms with Crippen LogP contribution in [0, 0.1) is 0 Å². The normalized spacial score (nSPS) is 20.7. The Morgan fingerprint density at radius 3 is 2.80 bits per heavy atom. The first kappa shape index (κ1) is 12.5. The fourth-order valence-electron chi connectivity index (χ4n) is 1.89. The SMILES string of the molecule is CCCN1CCCC(=O)N1CCC(C)O. The Balaban J connectivity index is 2.48. The van der Waals surface area contributed by atoms with E-state index < -0.39 is 0 Å². The minimum absolute atomic E-state index is 0.204. The van der Waals surface area contributed by atoms with Crippen LogP contribution in [0.2, 0.25) is 0 Å². The van der Waals surface area contributed by atoms with Gasteiger partial charge in [0.2, 0.25) is 5.91 Å². The number of hydrogen-bond donors (Lipinski definition) is 1. The van der Waals surface area contributed by atoms with Crippen molar-refractivity contribution in [2.45, 2.75) is 45.6 Å². The topological polar surface area (TPSA) is 43.8 Å². The van der Waals surface area contributed by atoms with Crippen LogP contribution in [0.1, 0.15) is 39.5 Å². The van der Waals surface area contributed by atoms with Gasteiger partial charge in [-0.1, -0.05) is 6.92 Å². The molecule has 0 saturated carbocycles. The Kier molecular flexibility index (Phi) is 5.05. The number of carbonyl (C=O) groups is 1. The van der Waals surface area contributed by atoms with Crippen molar-refractivity contribution in [1.82, 2.24) is 10.0 Å². The zero-order chi connectivity index (χ0) is 11.3. The molecule has 0 aliphatic carbocycles. The van der Waals surface area contributed by atoms with Gasteiger partial charge in [0.25, 0.3) is 0 Å². The maximum atomic E-state index is 11.7. The van der Waals surface area contributed by atoms with Crippen LogP contribution in [0.15, 0.2) is 0 Å². The Morgan fingerprint density at radius 2 is 2.20 bits per heavy atom. The molecule has 15 heavy (non-hydrogen) atoms. The maximum absolute atomic E-state index is 11.7. The number of aliphatic hydroxyl groups excluding tert-OH is 1.